The summed E-state index contributed by atoms with van der Waals surface area (Å²) in [5, 5.41) is 8.06. The second kappa shape index (κ2) is 5.72. The Labute approximate surface area is 135 Å². The van der Waals surface area contributed by atoms with Gasteiger partial charge in [0.25, 0.3) is 0 Å². The van der Waals surface area contributed by atoms with Crippen molar-refractivity contribution in [1.82, 2.24) is 20.2 Å². The molecule has 0 amide bonds. The summed E-state index contributed by atoms with van der Waals surface area (Å²) in [6, 6.07) is 0. The molecule has 0 aliphatic carbocycles. The summed E-state index contributed by atoms with van der Waals surface area (Å²) in [4.78, 5) is 6.74. The molecule has 0 spiro atoms. The summed E-state index contributed by atoms with van der Waals surface area (Å²) < 4.78 is 16.6. The van der Waals surface area contributed by atoms with Gasteiger partial charge in [-0.05, 0) is 39.2 Å². The first kappa shape index (κ1) is 14.8. The van der Waals surface area contributed by atoms with Crippen LogP contribution in [0.4, 0.5) is 0 Å². The Kier molecular flexibility index (Phi) is 3.69. The molecule has 0 bridgehead atoms. The van der Waals surface area contributed by atoms with E-state index in [0.717, 1.165) is 43.9 Å². The second-order valence-corrected chi connectivity index (χ2v) is 6.66. The average Bonchev–Trinajstić information content (AvgIpc) is 3.21. The highest BCUT2D eigenvalue weighted by Gasteiger charge is 2.41. The number of fused-ring (bicyclic) bond motifs is 1. The van der Waals surface area contributed by atoms with Crippen LogP contribution in [0, 0.1) is 26.7 Å². The molecule has 124 valence electrons. The third-order valence-electron chi connectivity index (χ3n) is 5.03. The first-order chi connectivity index (χ1) is 11.1. The Balaban J connectivity index is 1.41. The van der Waals surface area contributed by atoms with E-state index in [1.165, 1.54) is 5.56 Å². The van der Waals surface area contributed by atoms with Crippen molar-refractivity contribution in [3.05, 3.63) is 28.7 Å². The quantitative estimate of drug-likeness (QED) is 0.859. The van der Waals surface area contributed by atoms with Crippen LogP contribution in [0.3, 0.4) is 0 Å². The minimum atomic E-state index is -0.0264. The lowest BCUT2D eigenvalue weighted by Gasteiger charge is -2.33. The zero-order valence-corrected chi connectivity index (χ0v) is 13.8. The normalized spacial score (nSPS) is 28.2. The number of aryl methyl sites for hydroxylation is 3. The van der Waals surface area contributed by atoms with Crippen molar-refractivity contribution >= 4 is 0 Å². The van der Waals surface area contributed by atoms with E-state index in [2.05, 4.69) is 20.2 Å². The number of rotatable bonds is 3. The number of ether oxygens (including phenoxy) is 1. The summed E-state index contributed by atoms with van der Waals surface area (Å²) in [6.07, 6.45) is 2.35. The Morgan fingerprint density at radius 1 is 1.17 bits per heavy atom. The standard InChI is InChI=1S/C16H22N4O3/c1-9-13(10(2)22-18-9)7-20-5-4-12-6-14(21-15(12)8-20)16-17-11(3)23-19-16/h12,14-15H,4-8H2,1-3H3/t12-,14+,15+/m1/s1. The molecular formula is C16H22N4O3. The van der Waals surface area contributed by atoms with Crippen LogP contribution in [0.1, 0.15) is 47.7 Å². The van der Waals surface area contributed by atoms with Gasteiger partial charge in [-0.15, -0.1) is 0 Å². The molecule has 2 fully saturated rings. The molecule has 0 radical (unpaired) electrons. The molecule has 3 atom stereocenters. The first-order valence-electron chi connectivity index (χ1n) is 8.20. The average molecular weight is 318 g/mol. The fraction of sp³-hybridized carbons (Fsp3) is 0.688. The highest BCUT2D eigenvalue weighted by Crippen LogP contribution is 2.40. The van der Waals surface area contributed by atoms with E-state index in [0.29, 0.717) is 17.6 Å². The minimum absolute atomic E-state index is 0.0264. The molecule has 2 aliphatic rings. The summed E-state index contributed by atoms with van der Waals surface area (Å²) in [5.41, 5.74) is 2.18. The van der Waals surface area contributed by atoms with Gasteiger partial charge in [0.2, 0.25) is 11.7 Å². The van der Waals surface area contributed by atoms with Gasteiger partial charge < -0.3 is 13.8 Å². The van der Waals surface area contributed by atoms with Gasteiger partial charge in [0.15, 0.2) is 0 Å². The molecule has 2 aromatic heterocycles. The fourth-order valence-corrected chi connectivity index (χ4v) is 3.70. The van der Waals surface area contributed by atoms with E-state index in [1.54, 1.807) is 0 Å². The van der Waals surface area contributed by atoms with Crippen LogP contribution in [0.25, 0.3) is 0 Å². The van der Waals surface area contributed by atoms with Crippen LogP contribution in [0.2, 0.25) is 0 Å². The van der Waals surface area contributed by atoms with E-state index in [-0.39, 0.29) is 12.2 Å². The summed E-state index contributed by atoms with van der Waals surface area (Å²) in [6.45, 7) is 8.67. The highest BCUT2D eigenvalue weighted by atomic mass is 16.5. The van der Waals surface area contributed by atoms with Crippen LogP contribution >= 0.6 is 0 Å². The molecule has 23 heavy (non-hydrogen) atoms. The van der Waals surface area contributed by atoms with E-state index < -0.39 is 0 Å². The molecule has 0 saturated carbocycles. The lowest BCUT2D eigenvalue weighted by Crippen LogP contribution is -2.41. The maximum atomic E-state index is 6.21. The molecule has 2 aromatic rings. The molecule has 0 N–H and O–H groups in total. The van der Waals surface area contributed by atoms with Gasteiger partial charge in [-0.25, -0.2) is 0 Å². The van der Waals surface area contributed by atoms with Gasteiger partial charge in [0.05, 0.1) is 11.8 Å². The Morgan fingerprint density at radius 2 is 2.04 bits per heavy atom. The number of hydrogen-bond donors (Lipinski definition) is 0. The zero-order chi connectivity index (χ0) is 16.0. The lowest BCUT2D eigenvalue weighted by molar-refractivity contribution is -0.0127. The number of piperidine rings is 1. The van der Waals surface area contributed by atoms with Gasteiger partial charge in [-0.3, -0.25) is 4.90 Å². The molecule has 2 saturated heterocycles. The van der Waals surface area contributed by atoms with Crippen LogP contribution in [0.5, 0.6) is 0 Å². The highest BCUT2D eigenvalue weighted by molar-refractivity contribution is 5.20. The number of hydrogen-bond acceptors (Lipinski definition) is 7. The van der Waals surface area contributed by atoms with Crippen molar-refractivity contribution in [2.75, 3.05) is 13.1 Å². The minimum Gasteiger partial charge on any atom is -0.365 e. The Bertz CT molecular complexity index is 676. The predicted octanol–water partition coefficient (Wildman–Crippen LogP) is 2.33. The monoisotopic (exact) mass is 318 g/mol. The lowest BCUT2D eigenvalue weighted by atomic mass is 9.91. The topological polar surface area (TPSA) is 77.4 Å². The molecular weight excluding hydrogens is 296 g/mol. The number of aromatic nitrogens is 3. The van der Waals surface area contributed by atoms with E-state index in [4.69, 9.17) is 13.8 Å². The van der Waals surface area contributed by atoms with Crippen molar-refractivity contribution < 1.29 is 13.8 Å². The molecule has 7 heteroatoms. The molecule has 4 rings (SSSR count). The summed E-state index contributed by atoms with van der Waals surface area (Å²) in [5.74, 6) is 2.78. The van der Waals surface area contributed by atoms with Gasteiger partial charge >= 0.3 is 0 Å². The third-order valence-corrected chi connectivity index (χ3v) is 5.03. The number of likely N-dealkylation sites (tertiary alicyclic amines) is 1. The summed E-state index contributed by atoms with van der Waals surface area (Å²) >= 11 is 0. The van der Waals surface area contributed by atoms with Crippen molar-refractivity contribution in [1.29, 1.82) is 0 Å². The first-order valence-corrected chi connectivity index (χ1v) is 8.20. The Hall–Kier alpha value is -1.73. The Morgan fingerprint density at radius 3 is 2.74 bits per heavy atom. The maximum Gasteiger partial charge on any atom is 0.223 e. The van der Waals surface area contributed by atoms with E-state index >= 15 is 0 Å². The van der Waals surface area contributed by atoms with Gasteiger partial charge in [-0.1, -0.05) is 10.3 Å². The van der Waals surface area contributed by atoms with Gasteiger partial charge in [0.1, 0.15) is 11.9 Å². The number of nitrogens with zero attached hydrogens (tertiary/aromatic N) is 4. The van der Waals surface area contributed by atoms with Crippen molar-refractivity contribution in [2.45, 2.75) is 52.4 Å². The molecule has 2 aliphatic heterocycles. The van der Waals surface area contributed by atoms with Crippen LogP contribution in [0.15, 0.2) is 9.05 Å². The summed E-state index contributed by atoms with van der Waals surface area (Å²) in [7, 11) is 0. The fourth-order valence-electron chi connectivity index (χ4n) is 3.70. The molecule has 4 heterocycles. The van der Waals surface area contributed by atoms with Crippen LogP contribution in [-0.2, 0) is 11.3 Å². The molecule has 7 nitrogen and oxygen atoms in total. The smallest absolute Gasteiger partial charge is 0.223 e. The van der Waals surface area contributed by atoms with Crippen LogP contribution < -0.4 is 0 Å². The van der Waals surface area contributed by atoms with Crippen molar-refractivity contribution in [2.24, 2.45) is 5.92 Å². The zero-order valence-electron chi connectivity index (χ0n) is 13.8. The largest absolute Gasteiger partial charge is 0.365 e. The molecule has 0 unspecified atom stereocenters. The van der Waals surface area contributed by atoms with E-state index in [1.807, 2.05) is 20.8 Å². The van der Waals surface area contributed by atoms with Gasteiger partial charge in [-0.2, -0.15) is 4.98 Å². The maximum absolute atomic E-state index is 6.21. The molecule has 0 aromatic carbocycles. The third kappa shape index (κ3) is 2.79. The van der Waals surface area contributed by atoms with Crippen LogP contribution in [-0.4, -0.2) is 39.4 Å². The second-order valence-electron chi connectivity index (χ2n) is 6.66. The SMILES string of the molecule is Cc1nc([C@@H]2C[C@H]3CCN(Cc4c(C)noc4C)C[C@@H]3O2)no1. The van der Waals surface area contributed by atoms with Crippen molar-refractivity contribution in [3.8, 4) is 0 Å². The predicted molar refractivity (Wildman–Crippen MR) is 80.6 cm³/mol. The van der Waals surface area contributed by atoms with E-state index in [9.17, 15) is 0 Å². The van der Waals surface area contributed by atoms with Gasteiger partial charge in [0, 0.05) is 25.6 Å². The van der Waals surface area contributed by atoms with Crippen molar-refractivity contribution in [3.63, 3.8) is 0 Å².